The lowest BCUT2D eigenvalue weighted by molar-refractivity contribution is -0.118. The van der Waals surface area contributed by atoms with Gasteiger partial charge in [0.1, 0.15) is 11.8 Å². The summed E-state index contributed by atoms with van der Waals surface area (Å²) in [6.07, 6.45) is 1.13. The molecule has 1 N–H and O–H groups in total. The van der Waals surface area contributed by atoms with E-state index in [4.69, 9.17) is 9.47 Å². The van der Waals surface area contributed by atoms with E-state index in [1.165, 1.54) is 6.92 Å². The van der Waals surface area contributed by atoms with Crippen LogP contribution < -0.4 is 19.8 Å². The molecule has 0 saturated carbocycles. The van der Waals surface area contributed by atoms with Crippen molar-refractivity contribution in [2.75, 3.05) is 18.2 Å². The standard InChI is InChI=1S/C22H23N3O4/c1-15(26)19-13-18(24-25(19)17-6-3-2-4-7-17)22(27)23-14-16-8-9-20-21(12-16)29-11-5-10-28-20/h2-4,6-9,12,19H,5,10-11,13-14H2,1H3,(H,23,27)/t19-/m1/s1. The Kier molecular flexibility index (Phi) is 5.46. The van der Waals surface area contributed by atoms with Gasteiger partial charge in [0.25, 0.3) is 5.91 Å². The number of rotatable bonds is 5. The zero-order valence-corrected chi connectivity index (χ0v) is 16.3. The molecule has 0 fully saturated rings. The van der Waals surface area contributed by atoms with Gasteiger partial charge in [-0.1, -0.05) is 24.3 Å². The number of amides is 1. The third-order valence-electron chi connectivity index (χ3n) is 4.93. The first-order valence-electron chi connectivity index (χ1n) is 9.71. The van der Waals surface area contributed by atoms with Gasteiger partial charge in [-0.05, 0) is 36.8 Å². The molecule has 2 aliphatic rings. The predicted octanol–water partition coefficient (Wildman–Crippen LogP) is 2.69. The number of ketones is 1. The van der Waals surface area contributed by atoms with Gasteiger partial charge in [0.15, 0.2) is 17.3 Å². The van der Waals surface area contributed by atoms with Crippen LogP contribution in [-0.2, 0) is 16.1 Å². The Balaban J connectivity index is 1.44. The molecule has 7 heteroatoms. The van der Waals surface area contributed by atoms with E-state index < -0.39 is 6.04 Å². The number of para-hydroxylation sites is 1. The maximum absolute atomic E-state index is 12.7. The summed E-state index contributed by atoms with van der Waals surface area (Å²) in [5.74, 6) is 1.12. The number of carbonyl (C=O) groups excluding carboxylic acids is 2. The molecule has 2 aromatic rings. The van der Waals surface area contributed by atoms with Gasteiger partial charge in [0, 0.05) is 19.4 Å². The fraction of sp³-hybridized carbons (Fsp3) is 0.318. The van der Waals surface area contributed by atoms with Crippen LogP contribution in [0.1, 0.15) is 25.3 Å². The first kappa shape index (κ1) is 19.0. The molecule has 1 amide bonds. The Morgan fingerprint density at radius 2 is 1.86 bits per heavy atom. The fourth-order valence-electron chi connectivity index (χ4n) is 3.38. The van der Waals surface area contributed by atoms with Crippen LogP contribution in [0.4, 0.5) is 5.69 Å². The van der Waals surface area contributed by atoms with Gasteiger partial charge in [-0.15, -0.1) is 0 Å². The number of nitrogens with one attached hydrogen (secondary N) is 1. The van der Waals surface area contributed by atoms with Gasteiger partial charge in [-0.25, -0.2) is 0 Å². The number of hydrogen-bond donors (Lipinski definition) is 1. The molecule has 2 aromatic carbocycles. The highest BCUT2D eigenvalue weighted by molar-refractivity contribution is 6.40. The molecule has 0 bridgehead atoms. The van der Waals surface area contributed by atoms with Crippen molar-refractivity contribution in [3.63, 3.8) is 0 Å². The van der Waals surface area contributed by atoms with E-state index in [0.29, 0.717) is 31.2 Å². The van der Waals surface area contributed by atoms with Crippen LogP contribution in [0.5, 0.6) is 11.5 Å². The van der Waals surface area contributed by atoms with Crippen LogP contribution in [0.3, 0.4) is 0 Å². The van der Waals surface area contributed by atoms with Crippen molar-refractivity contribution < 1.29 is 19.1 Å². The highest BCUT2D eigenvalue weighted by atomic mass is 16.5. The summed E-state index contributed by atoms with van der Waals surface area (Å²) >= 11 is 0. The van der Waals surface area contributed by atoms with Gasteiger partial charge in [0.05, 0.1) is 18.9 Å². The maximum Gasteiger partial charge on any atom is 0.267 e. The predicted molar refractivity (Wildman–Crippen MR) is 109 cm³/mol. The lowest BCUT2D eigenvalue weighted by atomic mass is 10.1. The minimum absolute atomic E-state index is 0.0247. The van der Waals surface area contributed by atoms with Gasteiger partial charge in [-0.2, -0.15) is 5.10 Å². The van der Waals surface area contributed by atoms with Crippen molar-refractivity contribution in [1.82, 2.24) is 5.32 Å². The first-order valence-corrected chi connectivity index (χ1v) is 9.71. The Morgan fingerprint density at radius 1 is 1.10 bits per heavy atom. The average molecular weight is 393 g/mol. The number of nitrogens with zero attached hydrogens (tertiary/aromatic N) is 2. The molecule has 29 heavy (non-hydrogen) atoms. The topological polar surface area (TPSA) is 80.2 Å². The smallest absolute Gasteiger partial charge is 0.267 e. The monoisotopic (exact) mass is 393 g/mol. The normalized spacial score (nSPS) is 18.0. The largest absolute Gasteiger partial charge is 0.490 e. The molecule has 0 saturated heterocycles. The SMILES string of the molecule is CC(=O)[C@H]1CC(C(=O)NCc2ccc3c(c2)OCCCO3)=NN1c1ccccc1. The summed E-state index contributed by atoms with van der Waals surface area (Å²) in [5, 5.41) is 8.95. The molecular weight excluding hydrogens is 370 g/mol. The minimum atomic E-state index is -0.462. The van der Waals surface area contributed by atoms with Crippen molar-refractivity contribution in [1.29, 1.82) is 0 Å². The van der Waals surface area contributed by atoms with Crippen molar-refractivity contribution in [3.8, 4) is 11.5 Å². The lowest BCUT2D eigenvalue weighted by Gasteiger charge is -2.20. The Hall–Kier alpha value is -3.35. The number of benzene rings is 2. The Labute approximate surface area is 169 Å². The highest BCUT2D eigenvalue weighted by Gasteiger charge is 2.34. The van der Waals surface area contributed by atoms with Crippen LogP contribution in [0.15, 0.2) is 53.6 Å². The summed E-state index contributed by atoms with van der Waals surface area (Å²) in [6, 6.07) is 14.6. The van der Waals surface area contributed by atoms with Crippen LogP contribution >= 0.6 is 0 Å². The first-order chi connectivity index (χ1) is 14.1. The molecule has 2 aliphatic heterocycles. The second kappa shape index (κ2) is 8.34. The van der Waals surface area contributed by atoms with E-state index in [1.807, 2.05) is 48.5 Å². The van der Waals surface area contributed by atoms with E-state index in [1.54, 1.807) is 5.01 Å². The molecular formula is C22H23N3O4. The molecule has 150 valence electrons. The van der Waals surface area contributed by atoms with Gasteiger partial charge in [0.2, 0.25) is 0 Å². The van der Waals surface area contributed by atoms with Crippen molar-refractivity contribution in [2.24, 2.45) is 5.10 Å². The molecule has 0 aromatic heterocycles. The molecule has 7 nitrogen and oxygen atoms in total. The van der Waals surface area contributed by atoms with E-state index in [2.05, 4.69) is 10.4 Å². The Bertz CT molecular complexity index is 942. The second-order valence-electron chi connectivity index (χ2n) is 7.07. The van der Waals surface area contributed by atoms with Crippen LogP contribution in [-0.4, -0.2) is 36.7 Å². The molecule has 2 heterocycles. The second-order valence-corrected chi connectivity index (χ2v) is 7.07. The van der Waals surface area contributed by atoms with Crippen molar-refractivity contribution >= 4 is 23.1 Å². The van der Waals surface area contributed by atoms with Gasteiger partial charge >= 0.3 is 0 Å². The molecule has 1 atom stereocenters. The molecule has 0 radical (unpaired) electrons. The molecule has 0 aliphatic carbocycles. The van der Waals surface area contributed by atoms with Crippen LogP contribution in [0, 0.1) is 0 Å². The fourth-order valence-corrected chi connectivity index (χ4v) is 3.38. The van der Waals surface area contributed by atoms with E-state index >= 15 is 0 Å². The number of hydrogen-bond acceptors (Lipinski definition) is 6. The molecule has 0 spiro atoms. The minimum Gasteiger partial charge on any atom is -0.490 e. The van der Waals surface area contributed by atoms with Gasteiger partial charge < -0.3 is 14.8 Å². The summed E-state index contributed by atoms with van der Waals surface area (Å²) in [7, 11) is 0. The summed E-state index contributed by atoms with van der Waals surface area (Å²) < 4.78 is 11.3. The van der Waals surface area contributed by atoms with Crippen molar-refractivity contribution in [3.05, 3.63) is 54.1 Å². The number of anilines is 1. The van der Waals surface area contributed by atoms with Gasteiger partial charge in [-0.3, -0.25) is 14.6 Å². The quantitative estimate of drug-likeness (QED) is 0.845. The highest BCUT2D eigenvalue weighted by Crippen LogP contribution is 2.30. The van der Waals surface area contributed by atoms with Crippen LogP contribution in [0.2, 0.25) is 0 Å². The lowest BCUT2D eigenvalue weighted by Crippen LogP contribution is -2.34. The third-order valence-corrected chi connectivity index (χ3v) is 4.93. The van der Waals surface area contributed by atoms with Crippen LogP contribution in [0.25, 0.3) is 0 Å². The average Bonchev–Trinajstić information content (AvgIpc) is 3.06. The number of hydrazone groups is 1. The Morgan fingerprint density at radius 3 is 2.62 bits per heavy atom. The molecule has 4 rings (SSSR count). The number of carbonyl (C=O) groups is 2. The summed E-state index contributed by atoms with van der Waals surface area (Å²) in [5.41, 5.74) is 2.05. The maximum atomic E-state index is 12.7. The van der Waals surface area contributed by atoms with Crippen molar-refractivity contribution in [2.45, 2.75) is 32.4 Å². The number of fused-ring (bicyclic) bond motifs is 1. The zero-order valence-electron chi connectivity index (χ0n) is 16.3. The zero-order chi connectivity index (χ0) is 20.2. The van der Waals surface area contributed by atoms with E-state index in [9.17, 15) is 9.59 Å². The third kappa shape index (κ3) is 4.23. The number of ether oxygens (including phenoxy) is 2. The van der Waals surface area contributed by atoms with E-state index in [0.717, 1.165) is 23.4 Å². The number of Topliss-reactive ketones (excluding diaryl/α,β-unsaturated/α-hetero) is 1. The summed E-state index contributed by atoms with van der Waals surface area (Å²) in [6.45, 7) is 3.11. The molecule has 0 unspecified atom stereocenters. The summed E-state index contributed by atoms with van der Waals surface area (Å²) in [4.78, 5) is 24.7. The van der Waals surface area contributed by atoms with E-state index in [-0.39, 0.29) is 18.1 Å².